The molecule has 3 aromatic carbocycles. The summed E-state index contributed by atoms with van der Waals surface area (Å²) in [6.07, 6.45) is 2.12. The largest absolute Gasteiger partial charge is 0.352 e. The summed E-state index contributed by atoms with van der Waals surface area (Å²) in [6.45, 7) is 7.57. The normalized spacial score (nSPS) is 13.0. The van der Waals surface area contributed by atoms with Crippen LogP contribution in [0.2, 0.25) is 0 Å². The molecule has 3 rings (SSSR count). The van der Waals surface area contributed by atoms with Crippen molar-refractivity contribution in [3.63, 3.8) is 0 Å². The van der Waals surface area contributed by atoms with Crippen molar-refractivity contribution in [3.8, 4) is 0 Å². The first-order chi connectivity index (χ1) is 19.4. The Hall–Kier alpha value is -3.17. The van der Waals surface area contributed by atoms with Gasteiger partial charge >= 0.3 is 0 Å². The lowest BCUT2D eigenvalue weighted by Crippen LogP contribution is -2.54. The van der Waals surface area contributed by atoms with Gasteiger partial charge in [-0.1, -0.05) is 97.4 Å². The van der Waals surface area contributed by atoms with Gasteiger partial charge in [0.2, 0.25) is 21.8 Å². The van der Waals surface area contributed by atoms with Crippen molar-refractivity contribution in [2.24, 2.45) is 0 Å². The first kappa shape index (κ1) is 32.3. The van der Waals surface area contributed by atoms with Gasteiger partial charge in [-0.05, 0) is 54.2 Å². The first-order valence-corrected chi connectivity index (χ1v) is 16.5. The van der Waals surface area contributed by atoms with Crippen LogP contribution in [0.3, 0.4) is 0 Å². The van der Waals surface area contributed by atoms with Crippen molar-refractivity contribution in [1.29, 1.82) is 0 Å². The van der Waals surface area contributed by atoms with Crippen molar-refractivity contribution < 1.29 is 18.0 Å². The number of hydrogen-bond donors (Lipinski definition) is 1. The predicted molar refractivity (Wildman–Crippen MR) is 169 cm³/mol. The zero-order valence-electron chi connectivity index (χ0n) is 24.4. The topological polar surface area (TPSA) is 86.8 Å². The van der Waals surface area contributed by atoms with E-state index in [1.54, 1.807) is 12.1 Å². The van der Waals surface area contributed by atoms with Crippen LogP contribution >= 0.6 is 15.9 Å². The molecule has 1 N–H and O–H groups in total. The molecule has 2 atom stereocenters. The van der Waals surface area contributed by atoms with Gasteiger partial charge in [-0.3, -0.25) is 13.9 Å². The van der Waals surface area contributed by atoms with Crippen molar-refractivity contribution >= 4 is 43.5 Å². The number of rotatable bonds is 13. The van der Waals surface area contributed by atoms with Crippen LogP contribution in [0, 0.1) is 0 Å². The number of amides is 2. The Morgan fingerprint density at radius 2 is 1.54 bits per heavy atom. The molecule has 0 spiro atoms. The zero-order chi connectivity index (χ0) is 30.2. The molecule has 0 aliphatic rings. The second-order valence-corrected chi connectivity index (χ2v) is 13.5. The van der Waals surface area contributed by atoms with Crippen LogP contribution in [0.5, 0.6) is 0 Å². The molecule has 0 bridgehead atoms. The smallest absolute Gasteiger partial charge is 0.244 e. The number of para-hydroxylation sites is 1. The van der Waals surface area contributed by atoms with Crippen LogP contribution in [0.4, 0.5) is 5.69 Å². The molecular weight excluding hydrogens is 602 g/mol. The molecule has 0 fully saturated rings. The summed E-state index contributed by atoms with van der Waals surface area (Å²) in [5.41, 5.74) is 2.99. The van der Waals surface area contributed by atoms with Crippen LogP contribution in [-0.2, 0) is 32.6 Å². The van der Waals surface area contributed by atoms with E-state index < -0.39 is 28.5 Å². The fourth-order valence-electron chi connectivity index (χ4n) is 4.62. The average Bonchev–Trinajstić information content (AvgIpc) is 2.93. The third-order valence-corrected chi connectivity index (χ3v) is 8.64. The number of halogens is 1. The van der Waals surface area contributed by atoms with Gasteiger partial charge in [-0.25, -0.2) is 8.42 Å². The lowest BCUT2D eigenvalue weighted by atomic mass is 10.0. The van der Waals surface area contributed by atoms with Crippen LogP contribution < -0.4 is 9.62 Å². The van der Waals surface area contributed by atoms with E-state index >= 15 is 0 Å². The Bertz CT molecular complexity index is 1430. The third kappa shape index (κ3) is 9.16. The summed E-state index contributed by atoms with van der Waals surface area (Å²) < 4.78 is 28.2. The maximum absolute atomic E-state index is 14.3. The molecule has 41 heavy (non-hydrogen) atoms. The van der Waals surface area contributed by atoms with Crippen LogP contribution in [0.1, 0.15) is 56.7 Å². The molecular formula is C32H40BrN3O4S. The van der Waals surface area contributed by atoms with Gasteiger partial charge in [-0.2, -0.15) is 0 Å². The van der Waals surface area contributed by atoms with Crippen LogP contribution in [0.15, 0.2) is 83.3 Å². The summed E-state index contributed by atoms with van der Waals surface area (Å²) in [4.78, 5) is 29.6. The molecule has 0 heterocycles. The van der Waals surface area contributed by atoms with Crippen molar-refractivity contribution in [2.75, 3.05) is 17.1 Å². The average molecular weight is 643 g/mol. The number of anilines is 1. The predicted octanol–water partition coefficient (Wildman–Crippen LogP) is 5.89. The Morgan fingerprint density at radius 3 is 2.15 bits per heavy atom. The van der Waals surface area contributed by atoms with E-state index in [1.165, 1.54) is 4.90 Å². The molecule has 0 saturated carbocycles. The number of sulfonamides is 1. The van der Waals surface area contributed by atoms with E-state index in [0.717, 1.165) is 38.1 Å². The van der Waals surface area contributed by atoms with Gasteiger partial charge < -0.3 is 10.2 Å². The molecule has 0 saturated heterocycles. The number of nitrogens with one attached hydrogen (secondary N) is 1. The van der Waals surface area contributed by atoms with Crippen molar-refractivity contribution in [2.45, 2.75) is 65.1 Å². The van der Waals surface area contributed by atoms with Gasteiger partial charge in [-0.15, -0.1) is 0 Å². The van der Waals surface area contributed by atoms with E-state index in [-0.39, 0.29) is 30.8 Å². The molecule has 3 aromatic rings. The minimum absolute atomic E-state index is 0.0375. The van der Waals surface area contributed by atoms with Crippen LogP contribution in [0.25, 0.3) is 0 Å². The lowest BCUT2D eigenvalue weighted by molar-refractivity contribution is -0.140. The van der Waals surface area contributed by atoms with Gasteiger partial charge in [0.1, 0.15) is 12.6 Å². The summed E-state index contributed by atoms with van der Waals surface area (Å²) in [6, 6.07) is 23.4. The van der Waals surface area contributed by atoms with Gasteiger partial charge in [0.25, 0.3) is 0 Å². The minimum Gasteiger partial charge on any atom is -0.352 e. The quantitative estimate of drug-likeness (QED) is 0.252. The highest BCUT2D eigenvalue weighted by Gasteiger charge is 2.34. The zero-order valence-corrected chi connectivity index (χ0v) is 26.8. The molecule has 0 radical (unpaired) electrons. The minimum atomic E-state index is -3.83. The number of carbonyl (C=O) groups is 2. The lowest BCUT2D eigenvalue weighted by Gasteiger charge is -2.34. The highest BCUT2D eigenvalue weighted by atomic mass is 79.9. The molecule has 0 aliphatic heterocycles. The first-order valence-electron chi connectivity index (χ1n) is 13.9. The van der Waals surface area contributed by atoms with Crippen molar-refractivity contribution in [1.82, 2.24) is 10.2 Å². The maximum Gasteiger partial charge on any atom is 0.244 e. The monoisotopic (exact) mass is 641 g/mol. The second kappa shape index (κ2) is 14.6. The standard InChI is InChI=1S/C32H40BrN3O4S/c1-6-24(4)34-32(38)30(20-25-13-8-7-9-14-25)35(21-26-15-12-16-27(33)19-26)31(37)22-36(41(5,39)40)29-18-11-10-17-28(29)23(2)3/h7-19,23-24,30H,6,20-22H2,1-5H3,(H,34,38)/t24-,30-/m0/s1. The molecule has 7 nitrogen and oxygen atoms in total. The second-order valence-electron chi connectivity index (χ2n) is 10.7. The highest BCUT2D eigenvalue weighted by Crippen LogP contribution is 2.29. The maximum atomic E-state index is 14.3. The van der Waals surface area contributed by atoms with E-state index in [2.05, 4.69) is 21.2 Å². The van der Waals surface area contributed by atoms with E-state index in [4.69, 9.17) is 0 Å². The van der Waals surface area contributed by atoms with Gasteiger partial charge in [0.15, 0.2) is 0 Å². The van der Waals surface area contributed by atoms with E-state index in [1.807, 2.05) is 94.4 Å². The number of benzene rings is 3. The van der Waals surface area contributed by atoms with E-state index in [0.29, 0.717) is 5.69 Å². The molecule has 9 heteroatoms. The summed E-state index contributed by atoms with van der Waals surface area (Å²) in [7, 11) is -3.83. The highest BCUT2D eigenvalue weighted by molar-refractivity contribution is 9.10. The fraction of sp³-hybridized carbons (Fsp3) is 0.375. The number of nitrogens with zero attached hydrogens (tertiary/aromatic N) is 2. The number of carbonyl (C=O) groups excluding carboxylic acids is 2. The molecule has 0 aliphatic carbocycles. The molecule has 0 unspecified atom stereocenters. The Morgan fingerprint density at radius 1 is 0.902 bits per heavy atom. The summed E-state index contributed by atoms with van der Waals surface area (Å²) >= 11 is 3.50. The molecule has 2 amide bonds. The molecule has 220 valence electrons. The Labute approximate surface area is 253 Å². The fourth-order valence-corrected chi connectivity index (χ4v) is 5.94. The van der Waals surface area contributed by atoms with Gasteiger partial charge in [0.05, 0.1) is 11.9 Å². The van der Waals surface area contributed by atoms with E-state index in [9.17, 15) is 18.0 Å². The summed E-state index contributed by atoms with van der Waals surface area (Å²) in [5.74, 6) is -0.704. The van der Waals surface area contributed by atoms with Crippen molar-refractivity contribution in [3.05, 3.63) is 100 Å². The summed E-state index contributed by atoms with van der Waals surface area (Å²) in [5, 5.41) is 3.05. The Kier molecular flexibility index (Phi) is 11.5. The molecule has 0 aromatic heterocycles. The third-order valence-electron chi connectivity index (χ3n) is 7.02. The van der Waals surface area contributed by atoms with Gasteiger partial charge in [0, 0.05) is 23.5 Å². The Balaban J connectivity index is 2.10. The SMILES string of the molecule is CC[C@H](C)NC(=O)[C@H](Cc1ccccc1)N(Cc1cccc(Br)c1)C(=O)CN(c1ccccc1C(C)C)S(C)(=O)=O. The van der Waals surface area contributed by atoms with Crippen LogP contribution in [-0.4, -0.2) is 50.0 Å². The number of hydrogen-bond acceptors (Lipinski definition) is 4.